The molecule has 0 aliphatic carbocycles. The third kappa shape index (κ3) is 1.42. The maximum absolute atomic E-state index is 5.90. The summed E-state index contributed by atoms with van der Waals surface area (Å²) in [5, 5.41) is 3.22. The van der Waals surface area contributed by atoms with Gasteiger partial charge in [-0.3, -0.25) is 0 Å². The molecule has 1 nitrogen and oxygen atoms in total. The van der Waals surface area contributed by atoms with Gasteiger partial charge in [-0.15, -0.1) is 24.0 Å². The lowest BCUT2D eigenvalue weighted by Crippen LogP contribution is -1.91. The number of anilines is 1. The summed E-state index contributed by atoms with van der Waals surface area (Å²) < 4.78 is 1.27. The number of benzene rings is 1. The lowest BCUT2D eigenvalue weighted by atomic mass is 10.1. The van der Waals surface area contributed by atoms with E-state index in [9.17, 15) is 0 Å². The summed E-state index contributed by atoms with van der Waals surface area (Å²) >= 11 is 6.09. The van der Waals surface area contributed by atoms with E-state index in [1.54, 1.807) is 11.3 Å². The van der Waals surface area contributed by atoms with Crippen LogP contribution in [0.1, 0.15) is 12.5 Å². The van der Waals surface area contributed by atoms with E-state index in [0.29, 0.717) is 0 Å². The van der Waals surface area contributed by atoms with Crippen LogP contribution in [0.25, 0.3) is 10.1 Å². The Balaban J connectivity index is 2.76. The molecule has 1 aromatic heterocycles. The van der Waals surface area contributed by atoms with E-state index in [4.69, 9.17) is 5.73 Å². The van der Waals surface area contributed by atoms with E-state index in [-0.39, 0.29) is 0 Å². The van der Waals surface area contributed by atoms with Gasteiger partial charge in [-0.25, -0.2) is 0 Å². The van der Waals surface area contributed by atoms with E-state index in [0.717, 1.165) is 17.0 Å². The summed E-state index contributed by atoms with van der Waals surface area (Å²) in [6.45, 7) is 2.12. The first-order valence-electron chi connectivity index (χ1n) is 4.21. The van der Waals surface area contributed by atoms with Crippen LogP contribution >= 0.6 is 24.0 Å². The fraction of sp³-hybridized carbons (Fsp3) is 0.200. The van der Waals surface area contributed by atoms with Crippen LogP contribution in [0.15, 0.2) is 22.4 Å². The van der Waals surface area contributed by atoms with Gasteiger partial charge in [0, 0.05) is 26.0 Å². The number of thiol groups is 1. The first-order chi connectivity index (χ1) is 6.22. The lowest BCUT2D eigenvalue weighted by molar-refractivity contribution is 1.15. The molecule has 0 amide bonds. The highest BCUT2D eigenvalue weighted by molar-refractivity contribution is 7.80. The predicted molar refractivity (Wildman–Crippen MR) is 62.9 cm³/mol. The Hall–Kier alpha value is -0.670. The molecule has 0 aliphatic heterocycles. The van der Waals surface area contributed by atoms with Crippen LogP contribution in [0.3, 0.4) is 0 Å². The molecule has 0 spiro atoms. The minimum Gasteiger partial charge on any atom is -0.398 e. The van der Waals surface area contributed by atoms with Gasteiger partial charge >= 0.3 is 0 Å². The first-order valence-corrected chi connectivity index (χ1v) is 5.53. The van der Waals surface area contributed by atoms with Gasteiger partial charge in [0.1, 0.15) is 0 Å². The molecule has 2 N–H and O–H groups in total. The topological polar surface area (TPSA) is 26.0 Å². The largest absolute Gasteiger partial charge is 0.398 e. The predicted octanol–water partition coefficient (Wildman–Crippen LogP) is 3.33. The highest BCUT2D eigenvalue weighted by Crippen LogP contribution is 2.32. The molecule has 3 heteroatoms. The third-order valence-corrected chi connectivity index (χ3v) is 3.69. The van der Waals surface area contributed by atoms with Crippen LogP contribution in [0, 0.1) is 0 Å². The fourth-order valence-electron chi connectivity index (χ4n) is 1.43. The Morgan fingerprint density at radius 3 is 2.92 bits per heavy atom. The van der Waals surface area contributed by atoms with Crippen LogP contribution in [0.4, 0.5) is 5.69 Å². The van der Waals surface area contributed by atoms with Crippen molar-refractivity contribution in [3.05, 3.63) is 23.1 Å². The number of hydrogen-bond acceptors (Lipinski definition) is 3. The van der Waals surface area contributed by atoms with Crippen LogP contribution in [-0.4, -0.2) is 0 Å². The summed E-state index contributed by atoms with van der Waals surface area (Å²) in [5.41, 5.74) is 8.00. The Bertz CT molecular complexity index is 445. The lowest BCUT2D eigenvalue weighted by Gasteiger charge is -2.02. The second-order valence-electron chi connectivity index (χ2n) is 3.02. The van der Waals surface area contributed by atoms with Gasteiger partial charge in [0.15, 0.2) is 0 Å². The molecule has 1 aromatic carbocycles. The van der Waals surface area contributed by atoms with Crippen molar-refractivity contribution in [1.29, 1.82) is 0 Å². The summed E-state index contributed by atoms with van der Waals surface area (Å²) in [7, 11) is 0. The Morgan fingerprint density at radius 1 is 1.46 bits per heavy atom. The molecule has 0 radical (unpaired) electrons. The van der Waals surface area contributed by atoms with Crippen molar-refractivity contribution in [2.24, 2.45) is 0 Å². The van der Waals surface area contributed by atoms with Gasteiger partial charge in [-0.1, -0.05) is 6.92 Å². The maximum Gasteiger partial charge on any atom is 0.0358 e. The number of nitrogens with two attached hydrogens (primary N) is 1. The summed E-state index contributed by atoms with van der Waals surface area (Å²) in [6.07, 6.45) is 0.988. The molecule has 1 heterocycles. The second kappa shape index (κ2) is 3.24. The molecule has 0 atom stereocenters. The number of thiophene rings is 1. The molecule has 2 aromatic rings. The van der Waals surface area contributed by atoms with Gasteiger partial charge in [0.2, 0.25) is 0 Å². The van der Waals surface area contributed by atoms with Gasteiger partial charge in [0.25, 0.3) is 0 Å². The average Bonchev–Trinajstić information content (AvgIpc) is 2.47. The zero-order chi connectivity index (χ0) is 9.42. The molecule has 68 valence electrons. The van der Waals surface area contributed by atoms with E-state index in [1.807, 2.05) is 11.4 Å². The Kier molecular flexibility index (Phi) is 2.22. The summed E-state index contributed by atoms with van der Waals surface area (Å²) in [6, 6.07) is 4.18. The van der Waals surface area contributed by atoms with Gasteiger partial charge in [-0.2, -0.15) is 0 Å². The molecular formula is C10H11NS2. The highest BCUT2D eigenvalue weighted by atomic mass is 32.1. The molecule has 0 unspecified atom stereocenters. The average molecular weight is 209 g/mol. The third-order valence-electron chi connectivity index (χ3n) is 2.20. The fourth-order valence-corrected chi connectivity index (χ4v) is 2.72. The number of nitrogen functional groups attached to an aromatic ring is 1. The molecule has 0 aliphatic rings. The molecule has 0 bridgehead atoms. The minimum absolute atomic E-state index is 0.878. The van der Waals surface area contributed by atoms with E-state index >= 15 is 0 Å². The highest BCUT2D eigenvalue weighted by Gasteiger charge is 2.04. The van der Waals surface area contributed by atoms with E-state index in [2.05, 4.69) is 25.6 Å². The van der Waals surface area contributed by atoms with E-state index < -0.39 is 0 Å². The molecular weight excluding hydrogens is 198 g/mol. The van der Waals surface area contributed by atoms with Gasteiger partial charge < -0.3 is 5.73 Å². The Morgan fingerprint density at radius 2 is 2.23 bits per heavy atom. The van der Waals surface area contributed by atoms with Crippen molar-refractivity contribution in [3.63, 3.8) is 0 Å². The molecule has 0 saturated carbocycles. The molecule has 0 fully saturated rings. The van der Waals surface area contributed by atoms with Crippen LogP contribution < -0.4 is 5.73 Å². The number of hydrogen-bond donors (Lipinski definition) is 2. The number of fused-ring (bicyclic) bond motifs is 1. The summed E-state index contributed by atoms with van der Waals surface area (Å²) in [4.78, 5) is 1.02. The van der Waals surface area contributed by atoms with Crippen molar-refractivity contribution in [1.82, 2.24) is 0 Å². The van der Waals surface area contributed by atoms with Crippen molar-refractivity contribution in [3.8, 4) is 0 Å². The van der Waals surface area contributed by atoms with E-state index in [1.165, 1.54) is 15.6 Å². The zero-order valence-corrected chi connectivity index (χ0v) is 9.08. The minimum atomic E-state index is 0.878. The van der Waals surface area contributed by atoms with Crippen molar-refractivity contribution >= 4 is 39.7 Å². The number of aryl methyl sites for hydroxylation is 1. The summed E-state index contributed by atoms with van der Waals surface area (Å²) in [5.74, 6) is 0. The van der Waals surface area contributed by atoms with Crippen LogP contribution in [0.5, 0.6) is 0 Å². The zero-order valence-electron chi connectivity index (χ0n) is 7.37. The first kappa shape index (κ1) is 8.91. The van der Waals surface area contributed by atoms with Crippen molar-refractivity contribution in [2.75, 3.05) is 5.73 Å². The van der Waals surface area contributed by atoms with Gasteiger partial charge in [0.05, 0.1) is 0 Å². The maximum atomic E-state index is 5.90. The van der Waals surface area contributed by atoms with Crippen LogP contribution in [0.2, 0.25) is 0 Å². The quantitative estimate of drug-likeness (QED) is 0.547. The SMILES string of the molecule is CCc1cc2scc(S)c2cc1N. The molecule has 0 saturated heterocycles. The monoisotopic (exact) mass is 209 g/mol. The van der Waals surface area contributed by atoms with Crippen molar-refractivity contribution in [2.45, 2.75) is 18.2 Å². The molecule has 13 heavy (non-hydrogen) atoms. The van der Waals surface area contributed by atoms with Crippen molar-refractivity contribution < 1.29 is 0 Å². The standard InChI is InChI=1S/C10H11NS2/c1-2-6-3-10-7(4-8(6)11)9(12)5-13-10/h3-5,12H,2,11H2,1H3. The normalized spacial score (nSPS) is 10.9. The number of rotatable bonds is 1. The van der Waals surface area contributed by atoms with Crippen LogP contribution in [-0.2, 0) is 6.42 Å². The second-order valence-corrected chi connectivity index (χ2v) is 4.41. The molecule has 2 rings (SSSR count). The van der Waals surface area contributed by atoms with Gasteiger partial charge in [-0.05, 0) is 24.1 Å². The Labute approximate surface area is 87.0 Å². The smallest absolute Gasteiger partial charge is 0.0358 e.